The van der Waals surface area contributed by atoms with E-state index in [-0.39, 0.29) is 17.5 Å². The van der Waals surface area contributed by atoms with Gasteiger partial charge >= 0.3 is 6.09 Å². The van der Waals surface area contributed by atoms with Gasteiger partial charge in [-0.1, -0.05) is 20.8 Å². The first-order valence-corrected chi connectivity index (χ1v) is 5.85. The molecule has 2 rings (SSSR count). The maximum absolute atomic E-state index is 12.3. The molecule has 2 aliphatic rings. The topological polar surface area (TPSA) is 49.9 Å². The van der Waals surface area contributed by atoms with E-state index in [1.807, 2.05) is 20.8 Å². The van der Waals surface area contributed by atoms with Gasteiger partial charge in [-0.2, -0.15) is 0 Å². The number of hydrogen-bond donors (Lipinski definition) is 0. The Labute approximate surface area is 102 Å². The summed E-state index contributed by atoms with van der Waals surface area (Å²) >= 11 is 0. The molecule has 5 nitrogen and oxygen atoms in total. The van der Waals surface area contributed by atoms with Crippen LogP contribution in [-0.2, 0) is 9.53 Å². The first kappa shape index (κ1) is 12.2. The Kier molecular flexibility index (Phi) is 2.26. The van der Waals surface area contributed by atoms with E-state index in [1.165, 1.54) is 0 Å². The summed E-state index contributed by atoms with van der Waals surface area (Å²) in [7, 11) is 1.75. The molecule has 96 valence electrons. The summed E-state index contributed by atoms with van der Waals surface area (Å²) in [5.74, 6) is -0.0409. The average Bonchev–Trinajstić information content (AvgIpc) is 2.49. The maximum atomic E-state index is 12.3. The fourth-order valence-corrected chi connectivity index (χ4v) is 2.93. The largest absolute Gasteiger partial charge is 0.441 e. The lowest BCUT2D eigenvalue weighted by atomic mass is 9.91. The van der Waals surface area contributed by atoms with E-state index < -0.39 is 17.7 Å². The standard InChI is InChI=1S/C12H20N2O3/c1-11(2,3)9-13(6)8(15)7-12(4,5)17-10(16)14(7)9/h7,9H,1-6H3/t7-,9+/m1/s1. The lowest BCUT2D eigenvalue weighted by Crippen LogP contribution is -2.48. The fraction of sp³-hybridized carbons (Fsp3) is 0.833. The van der Waals surface area contributed by atoms with Crippen molar-refractivity contribution >= 4 is 12.0 Å². The number of hydrogen-bond acceptors (Lipinski definition) is 3. The number of carbonyl (C=O) groups excluding carboxylic acids is 2. The van der Waals surface area contributed by atoms with Crippen LogP contribution in [0.15, 0.2) is 0 Å². The highest BCUT2D eigenvalue weighted by Crippen LogP contribution is 2.42. The Hall–Kier alpha value is -1.26. The molecule has 2 atom stereocenters. The van der Waals surface area contributed by atoms with Crippen molar-refractivity contribution in [2.75, 3.05) is 7.05 Å². The summed E-state index contributed by atoms with van der Waals surface area (Å²) in [5.41, 5.74) is -0.943. The zero-order valence-electron chi connectivity index (χ0n) is 11.3. The predicted octanol–water partition coefficient (Wildman–Crippen LogP) is 1.43. The zero-order chi connectivity index (χ0) is 13.2. The van der Waals surface area contributed by atoms with Crippen molar-refractivity contribution in [1.29, 1.82) is 0 Å². The summed E-state index contributed by atoms with van der Waals surface area (Å²) in [4.78, 5) is 27.4. The number of carbonyl (C=O) groups is 2. The second-order valence-corrected chi connectivity index (χ2v) is 6.47. The van der Waals surface area contributed by atoms with Gasteiger partial charge in [0.2, 0.25) is 0 Å². The summed E-state index contributed by atoms with van der Waals surface area (Å²) < 4.78 is 5.30. The Morgan fingerprint density at radius 2 is 1.76 bits per heavy atom. The van der Waals surface area contributed by atoms with Crippen LogP contribution in [0, 0.1) is 5.41 Å². The molecule has 2 fully saturated rings. The highest BCUT2D eigenvalue weighted by atomic mass is 16.6. The van der Waals surface area contributed by atoms with Crippen LogP contribution >= 0.6 is 0 Å². The number of ether oxygens (including phenoxy) is 1. The minimum absolute atomic E-state index is 0.0409. The normalized spacial score (nSPS) is 31.9. The first-order chi connectivity index (χ1) is 7.57. The molecule has 2 heterocycles. The van der Waals surface area contributed by atoms with Crippen LogP contribution in [0.3, 0.4) is 0 Å². The summed E-state index contributed by atoms with van der Waals surface area (Å²) in [6, 6.07) is -0.496. The molecule has 0 radical (unpaired) electrons. The zero-order valence-corrected chi connectivity index (χ0v) is 11.3. The van der Waals surface area contributed by atoms with Crippen LogP contribution in [0.2, 0.25) is 0 Å². The van der Waals surface area contributed by atoms with Gasteiger partial charge < -0.3 is 9.64 Å². The van der Waals surface area contributed by atoms with Crippen molar-refractivity contribution in [3.8, 4) is 0 Å². The average molecular weight is 240 g/mol. The smallest absolute Gasteiger partial charge is 0.412 e. The van der Waals surface area contributed by atoms with Gasteiger partial charge in [0.05, 0.1) is 0 Å². The maximum Gasteiger partial charge on any atom is 0.412 e. The van der Waals surface area contributed by atoms with Gasteiger partial charge in [-0.25, -0.2) is 4.79 Å². The van der Waals surface area contributed by atoms with E-state index in [2.05, 4.69) is 0 Å². The molecule has 0 aliphatic carbocycles. The molecule has 0 bridgehead atoms. The number of amides is 2. The van der Waals surface area contributed by atoms with Crippen LogP contribution < -0.4 is 0 Å². The van der Waals surface area contributed by atoms with Crippen molar-refractivity contribution in [1.82, 2.24) is 9.80 Å². The number of likely N-dealkylation sites (N-methyl/N-ethyl adjacent to an activating group) is 1. The van der Waals surface area contributed by atoms with E-state index in [4.69, 9.17) is 4.74 Å². The lowest BCUT2D eigenvalue weighted by Gasteiger charge is -2.36. The summed E-state index contributed by atoms with van der Waals surface area (Å²) in [6.07, 6.45) is -0.633. The van der Waals surface area contributed by atoms with Crippen molar-refractivity contribution in [2.45, 2.75) is 52.4 Å². The van der Waals surface area contributed by atoms with Crippen LogP contribution in [0.1, 0.15) is 34.6 Å². The van der Waals surface area contributed by atoms with Crippen molar-refractivity contribution in [3.05, 3.63) is 0 Å². The third-order valence-corrected chi connectivity index (χ3v) is 3.48. The molecule has 0 aromatic heterocycles. The molecular weight excluding hydrogens is 220 g/mol. The molecule has 0 unspecified atom stereocenters. The van der Waals surface area contributed by atoms with Crippen molar-refractivity contribution < 1.29 is 14.3 Å². The monoisotopic (exact) mass is 240 g/mol. The van der Waals surface area contributed by atoms with Crippen molar-refractivity contribution in [2.24, 2.45) is 5.41 Å². The SMILES string of the molecule is CN1C(=O)[C@H]2N(C(=O)OC2(C)C)[C@H]1C(C)(C)C. The van der Waals surface area contributed by atoms with E-state index >= 15 is 0 Å². The Balaban J connectivity index is 2.48. The van der Waals surface area contributed by atoms with E-state index in [1.54, 1.807) is 30.7 Å². The van der Waals surface area contributed by atoms with Crippen molar-refractivity contribution in [3.63, 3.8) is 0 Å². The van der Waals surface area contributed by atoms with Gasteiger partial charge in [-0.15, -0.1) is 0 Å². The van der Waals surface area contributed by atoms with E-state index in [9.17, 15) is 9.59 Å². The molecule has 0 aromatic rings. The van der Waals surface area contributed by atoms with Crippen LogP contribution in [0.5, 0.6) is 0 Å². The Morgan fingerprint density at radius 1 is 1.24 bits per heavy atom. The highest BCUT2D eigenvalue weighted by molar-refractivity contribution is 5.93. The number of nitrogens with zero attached hydrogens (tertiary/aromatic N) is 2. The van der Waals surface area contributed by atoms with E-state index in [0.717, 1.165) is 0 Å². The Morgan fingerprint density at radius 3 is 2.24 bits per heavy atom. The summed E-state index contributed by atoms with van der Waals surface area (Å²) in [6.45, 7) is 9.62. The molecule has 2 aliphatic heterocycles. The number of fused-ring (bicyclic) bond motifs is 1. The third kappa shape index (κ3) is 1.51. The minimum Gasteiger partial charge on any atom is -0.441 e. The highest BCUT2D eigenvalue weighted by Gasteiger charge is 2.62. The number of rotatable bonds is 0. The van der Waals surface area contributed by atoms with Crippen LogP contribution in [-0.4, -0.2) is 46.7 Å². The molecule has 0 N–H and O–H groups in total. The minimum atomic E-state index is -0.748. The van der Waals surface area contributed by atoms with Gasteiger partial charge in [0.1, 0.15) is 11.8 Å². The molecule has 17 heavy (non-hydrogen) atoms. The van der Waals surface area contributed by atoms with Gasteiger partial charge in [0.25, 0.3) is 5.91 Å². The van der Waals surface area contributed by atoms with Gasteiger partial charge in [0.15, 0.2) is 6.04 Å². The summed E-state index contributed by atoms with van der Waals surface area (Å²) in [5, 5.41) is 0. The molecule has 5 heteroatoms. The molecule has 2 saturated heterocycles. The molecule has 0 aromatic carbocycles. The second kappa shape index (κ2) is 3.15. The van der Waals surface area contributed by atoms with Crippen LogP contribution in [0.4, 0.5) is 4.79 Å². The predicted molar refractivity (Wildman–Crippen MR) is 62.2 cm³/mol. The molecule has 0 spiro atoms. The first-order valence-electron chi connectivity index (χ1n) is 5.85. The third-order valence-electron chi connectivity index (χ3n) is 3.48. The van der Waals surface area contributed by atoms with Crippen LogP contribution in [0.25, 0.3) is 0 Å². The molecular formula is C12H20N2O3. The molecule has 2 amide bonds. The number of cyclic esters (lactones) is 1. The molecule has 0 saturated carbocycles. The van der Waals surface area contributed by atoms with Gasteiger partial charge in [0, 0.05) is 12.5 Å². The van der Waals surface area contributed by atoms with Gasteiger partial charge in [-0.3, -0.25) is 9.69 Å². The fourth-order valence-electron chi connectivity index (χ4n) is 2.93. The second-order valence-electron chi connectivity index (χ2n) is 6.47. The lowest BCUT2D eigenvalue weighted by molar-refractivity contribution is -0.132. The van der Waals surface area contributed by atoms with E-state index in [0.29, 0.717) is 0 Å². The quantitative estimate of drug-likeness (QED) is 0.643. The van der Waals surface area contributed by atoms with Gasteiger partial charge in [-0.05, 0) is 13.8 Å². The Bertz CT molecular complexity index is 384.